The maximum atomic E-state index is 10.5. The molecular weight excluding hydrogens is 325 g/mol. The molecule has 5 heteroatoms. The summed E-state index contributed by atoms with van der Waals surface area (Å²) < 4.78 is 0. The van der Waals surface area contributed by atoms with E-state index in [0.717, 1.165) is 25.7 Å². The molecule has 0 saturated heterocycles. The molecule has 0 bridgehead atoms. The first-order valence-corrected chi connectivity index (χ1v) is 9.55. The summed E-state index contributed by atoms with van der Waals surface area (Å²) in [4.78, 5) is 10.5. The molecule has 5 nitrogen and oxygen atoms in total. The van der Waals surface area contributed by atoms with Crippen molar-refractivity contribution in [1.82, 2.24) is 0 Å². The lowest BCUT2D eigenvalue weighted by Crippen LogP contribution is -2.20. The van der Waals surface area contributed by atoms with Gasteiger partial charge < -0.3 is 20.4 Å². The Bertz CT molecular complexity index is 432. The maximum Gasteiger partial charge on any atom is 0.303 e. The van der Waals surface area contributed by atoms with E-state index in [4.69, 9.17) is 5.11 Å². The SMILES string of the molecule is CCCCC[C@H](O)/C=C/[C@@H]1[C@H](C/C=[13CH]\[13CH2][13CH2][13CH2][13C](=O)O)[C@@H](O)C[C@H]1O. The second kappa shape index (κ2) is 12.2. The van der Waals surface area contributed by atoms with Crippen LogP contribution in [0.3, 0.4) is 0 Å². The van der Waals surface area contributed by atoms with Crippen LogP contribution in [0.1, 0.15) is 64.7 Å². The van der Waals surface area contributed by atoms with Crippen molar-refractivity contribution in [1.29, 1.82) is 0 Å². The van der Waals surface area contributed by atoms with Gasteiger partial charge >= 0.3 is 5.97 Å². The number of rotatable bonds is 12. The van der Waals surface area contributed by atoms with Gasteiger partial charge in [-0.3, -0.25) is 4.79 Å². The van der Waals surface area contributed by atoms with E-state index in [0.29, 0.717) is 25.7 Å². The molecule has 0 radical (unpaired) electrons. The number of unbranched alkanes of at least 4 members (excludes halogenated alkanes) is 3. The van der Waals surface area contributed by atoms with E-state index in [1.807, 2.05) is 18.2 Å². The Balaban J connectivity index is 2.46. The van der Waals surface area contributed by atoms with Crippen molar-refractivity contribution < 1.29 is 25.2 Å². The molecule has 1 saturated carbocycles. The normalized spacial score (nSPS) is 28.2. The van der Waals surface area contributed by atoms with Crippen molar-refractivity contribution in [3.05, 3.63) is 24.3 Å². The molecule has 0 spiro atoms. The van der Waals surface area contributed by atoms with E-state index in [1.54, 1.807) is 6.08 Å². The number of allylic oxidation sites excluding steroid dienone is 2. The Hall–Kier alpha value is -1.17. The third-order valence-corrected chi connectivity index (χ3v) is 4.91. The largest absolute Gasteiger partial charge is 0.481 e. The van der Waals surface area contributed by atoms with Gasteiger partial charge in [0.1, 0.15) is 0 Å². The summed E-state index contributed by atoms with van der Waals surface area (Å²) in [5.41, 5.74) is 0. The lowest BCUT2D eigenvalue weighted by molar-refractivity contribution is -0.137. The van der Waals surface area contributed by atoms with E-state index in [1.165, 1.54) is 0 Å². The molecule has 144 valence electrons. The molecule has 1 fully saturated rings. The predicted molar refractivity (Wildman–Crippen MR) is 98.1 cm³/mol. The average Bonchev–Trinajstić information content (AvgIpc) is 2.82. The summed E-state index contributed by atoms with van der Waals surface area (Å²) in [6, 6.07) is 0. The summed E-state index contributed by atoms with van der Waals surface area (Å²) in [7, 11) is 0. The zero-order valence-corrected chi connectivity index (χ0v) is 15.3. The number of carboxylic acids is 1. The second-order valence-corrected chi connectivity index (χ2v) is 7.05. The van der Waals surface area contributed by atoms with Gasteiger partial charge in [-0.2, -0.15) is 0 Å². The van der Waals surface area contributed by atoms with Crippen LogP contribution < -0.4 is 0 Å². The van der Waals surface area contributed by atoms with E-state index < -0.39 is 24.3 Å². The minimum atomic E-state index is -0.787. The van der Waals surface area contributed by atoms with Crippen LogP contribution in [0, 0.1) is 11.8 Å². The van der Waals surface area contributed by atoms with Crippen LogP contribution in [0.4, 0.5) is 0 Å². The fourth-order valence-corrected chi connectivity index (χ4v) is 3.41. The van der Waals surface area contributed by atoms with Gasteiger partial charge in [-0.15, -0.1) is 0 Å². The smallest absolute Gasteiger partial charge is 0.303 e. The highest BCUT2D eigenvalue weighted by atomic mass is 16.5. The third kappa shape index (κ3) is 8.66. The van der Waals surface area contributed by atoms with Gasteiger partial charge in [0.2, 0.25) is 0 Å². The Morgan fingerprint density at radius 1 is 1.16 bits per heavy atom. The second-order valence-electron chi connectivity index (χ2n) is 7.05. The minimum Gasteiger partial charge on any atom is -0.481 e. The molecule has 1 aliphatic carbocycles. The van der Waals surface area contributed by atoms with Gasteiger partial charge in [-0.25, -0.2) is 0 Å². The molecule has 4 N–H and O–H groups in total. The molecule has 1 aliphatic rings. The lowest BCUT2D eigenvalue weighted by atomic mass is 9.90. The highest BCUT2D eigenvalue weighted by Crippen LogP contribution is 2.36. The van der Waals surface area contributed by atoms with E-state index in [9.17, 15) is 20.1 Å². The molecule has 0 aliphatic heterocycles. The van der Waals surface area contributed by atoms with E-state index >= 15 is 0 Å². The van der Waals surface area contributed by atoms with Crippen LogP contribution in [-0.2, 0) is 4.79 Å². The summed E-state index contributed by atoms with van der Waals surface area (Å²) in [5, 5.41) is 39.0. The summed E-state index contributed by atoms with van der Waals surface area (Å²) in [6.45, 7) is 2.12. The number of aliphatic hydroxyl groups is 3. The fourth-order valence-electron chi connectivity index (χ4n) is 3.41. The Morgan fingerprint density at radius 3 is 2.60 bits per heavy atom. The summed E-state index contributed by atoms with van der Waals surface area (Å²) in [6.07, 6.45) is 12.3. The molecule has 0 aromatic heterocycles. The van der Waals surface area contributed by atoms with Crippen molar-refractivity contribution in [2.24, 2.45) is 11.8 Å². The fraction of sp³-hybridized carbons (Fsp3) is 0.750. The molecule has 25 heavy (non-hydrogen) atoms. The Kier molecular flexibility index (Phi) is 10.7. The van der Waals surface area contributed by atoms with E-state index in [2.05, 4.69) is 6.92 Å². The number of carboxylic acid groups (broad SMARTS) is 1. The maximum absolute atomic E-state index is 10.5. The van der Waals surface area contributed by atoms with E-state index in [-0.39, 0.29) is 18.3 Å². The molecule has 0 amide bonds. The molecule has 0 aromatic rings. The number of hydrogen-bond acceptors (Lipinski definition) is 4. The minimum absolute atomic E-state index is 0.0650. The Morgan fingerprint density at radius 2 is 1.92 bits per heavy atom. The van der Waals surface area contributed by atoms with Crippen molar-refractivity contribution in [2.45, 2.75) is 83.0 Å². The lowest BCUT2D eigenvalue weighted by Gasteiger charge is -2.19. The zero-order valence-electron chi connectivity index (χ0n) is 15.3. The number of carbonyl (C=O) groups is 1. The summed E-state index contributed by atoms with van der Waals surface area (Å²) >= 11 is 0. The molecule has 0 aromatic carbocycles. The highest BCUT2D eigenvalue weighted by molar-refractivity contribution is 5.66. The first-order chi connectivity index (χ1) is 12.0. The molecule has 5 atom stereocenters. The van der Waals surface area contributed by atoms with Crippen LogP contribution in [0.15, 0.2) is 24.3 Å². The standard InChI is InChI=1S/C20H34O5/c1-2-3-6-9-15(21)12-13-17-16(18(22)14-19(17)23)10-7-4-5-8-11-20(24)25/h4,7,12-13,15-19,21-23H,2-3,5-6,8-11,14H2,1H3,(H,24,25)/b7-4-,13-12+/t15-,16-,17+,18-,19+/m0/s1/i4+1,5+1,8+1,11+1,20+1. The molecule has 1 rings (SSSR count). The number of aliphatic hydroxyl groups excluding tert-OH is 3. The van der Waals surface area contributed by atoms with Crippen LogP contribution >= 0.6 is 0 Å². The van der Waals surface area contributed by atoms with Crippen LogP contribution in [0.2, 0.25) is 0 Å². The van der Waals surface area contributed by atoms with Gasteiger partial charge in [0, 0.05) is 18.8 Å². The number of hydrogen-bond donors (Lipinski definition) is 4. The third-order valence-electron chi connectivity index (χ3n) is 4.91. The number of aliphatic carboxylic acids is 1. The van der Waals surface area contributed by atoms with Gasteiger partial charge in [0.05, 0.1) is 18.3 Å². The van der Waals surface area contributed by atoms with Gasteiger partial charge in [-0.05, 0) is 31.6 Å². The first kappa shape index (κ1) is 21.9. The van der Waals surface area contributed by atoms with Crippen LogP contribution in [-0.4, -0.2) is 44.7 Å². The Labute approximate surface area is 151 Å². The van der Waals surface area contributed by atoms with Crippen molar-refractivity contribution >= 4 is 5.97 Å². The topological polar surface area (TPSA) is 98.0 Å². The van der Waals surface area contributed by atoms with Crippen molar-refractivity contribution in [3.8, 4) is 0 Å². The molecule has 0 unspecified atom stereocenters. The van der Waals surface area contributed by atoms with Crippen LogP contribution in [0.25, 0.3) is 0 Å². The van der Waals surface area contributed by atoms with Gasteiger partial charge in [0.15, 0.2) is 0 Å². The van der Waals surface area contributed by atoms with Crippen molar-refractivity contribution in [2.75, 3.05) is 0 Å². The molecular formula is C20H34O5. The first-order valence-electron chi connectivity index (χ1n) is 9.55. The van der Waals surface area contributed by atoms with Crippen LogP contribution in [0.5, 0.6) is 0 Å². The molecule has 0 heterocycles. The quantitative estimate of drug-likeness (QED) is 0.244. The monoisotopic (exact) mass is 359 g/mol. The average molecular weight is 359 g/mol. The van der Waals surface area contributed by atoms with Crippen molar-refractivity contribution in [3.63, 3.8) is 0 Å². The zero-order chi connectivity index (χ0) is 18.7. The van der Waals surface area contributed by atoms with Gasteiger partial charge in [0.25, 0.3) is 0 Å². The predicted octanol–water partition coefficient (Wildman–Crippen LogP) is 3.04. The summed E-state index contributed by atoms with van der Waals surface area (Å²) in [5.74, 6) is -1.00. The van der Waals surface area contributed by atoms with Gasteiger partial charge in [-0.1, -0.05) is 50.5 Å². The highest BCUT2D eigenvalue weighted by Gasteiger charge is 2.39.